The molecule has 1 heterocycles. The van der Waals surface area contributed by atoms with Crippen molar-refractivity contribution < 1.29 is 19.5 Å². The van der Waals surface area contributed by atoms with Gasteiger partial charge in [0.1, 0.15) is 0 Å². The zero-order valence-electron chi connectivity index (χ0n) is 8.27. The van der Waals surface area contributed by atoms with Crippen molar-refractivity contribution in [3.8, 4) is 5.92 Å². The molecule has 0 aromatic heterocycles. The van der Waals surface area contributed by atoms with Crippen LogP contribution < -0.4 is 0 Å². The second-order valence-corrected chi connectivity index (χ2v) is 4.49. The zero-order chi connectivity index (χ0) is 9.97. The molecule has 0 amide bonds. The molecule has 0 aliphatic carbocycles. The van der Waals surface area contributed by atoms with Crippen LogP contribution in [0.5, 0.6) is 0 Å². The summed E-state index contributed by atoms with van der Waals surface area (Å²) in [4.78, 5) is 1.27. The summed E-state index contributed by atoms with van der Waals surface area (Å²) in [5.74, 6) is 3.68. The fourth-order valence-electron chi connectivity index (χ4n) is 1.67. The van der Waals surface area contributed by atoms with Crippen LogP contribution in [0.25, 0.3) is 0 Å². The number of hydrogen-bond donors (Lipinski definition) is 0. The minimum absolute atomic E-state index is 0. The van der Waals surface area contributed by atoms with Gasteiger partial charge in [-0.25, -0.2) is 0 Å². The topological polar surface area (TPSA) is 0 Å². The first-order valence-corrected chi connectivity index (χ1v) is 5.60. The molecular formula is C13H11RuS. The molecule has 0 saturated heterocycles. The number of fused-ring (bicyclic) bond motifs is 1. The minimum atomic E-state index is 0. The molecule has 77 valence electrons. The summed E-state index contributed by atoms with van der Waals surface area (Å²) in [6, 6.07) is 8.27. The first-order valence-electron chi connectivity index (χ1n) is 4.62. The second-order valence-electron chi connectivity index (χ2n) is 3.48. The van der Waals surface area contributed by atoms with E-state index in [1.54, 1.807) is 0 Å². The molecule has 0 bridgehead atoms. The summed E-state index contributed by atoms with van der Waals surface area (Å²) in [5.41, 5.74) is 2.43. The van der Waals surface area contributed by atoms with Crippen LogP contribution in [-0.2, 0) is 19.5 Å². The Kier molecular flexibility index (Phi) is 4.64. The smallest absolute Gasteiger partial charge is 0.693 e. The van der Waals surface area contributed by atoms with Gasteiger partial charge in [-0.2, -0.15) is 0 Å². The predicted molar refractivity (Wildman–Crippen MR) is 60.8 cm³/mol. The number of benzene rings is 1. The van der Waals surface area contributed by atoms with Crippen LogP contribution >= 0.6 is 11.8 Å². The minimum Gasteiger partial charge on any atom is -0.693 e. The fraction of sp³-hybridized carbons (Fsp3) is 0.231. The summed E-state index contributed by atoms with van der Waals surface area (Å²) >= 11 is 1.81. The Balaban J connectivity index is 0.00000112. The van der Waals surface area contributed by atoms with Gasteiger partial charge < -0.3 is 12.3 Å². The van der Waals surface area contributed by atoms with Gasteiger partial charge in [0.15, 0.2) is 0 Å². The third kappa shape index (κ3) is 2.74. The van der Waals surface area contributed by atoms with Gasteiger partial charge in [0, 0.05) is 16.6 Å². The van der Waals surface area contributed by atoms with Gasteiger partial charge >= 0.3 is 19.5 Å². The largest absolute Gasteiger partial charge is 1.00 e. The van der Waals surface area contributed by atoms with E-state index in [4.69, 9.17) is 6.42 Å². The standard InChI is InChI=1S/C13H11S.Ru/c1-3-11-8-10(2)9-14-13-7-5-4-6-12(11)13;/h4-7,11H,2,8-9H2;/q-1;+1. The maximum atomic E-state index is 7.31. The molecule has 1 aliphatic heterocycles. The van der Waals surface area contributed by atoms with Gasteiger partial charge in [0.05, 0.1) is 0 Å². The molecule has 15 heavy (non-hydrogen) atoms. The van der Waals surface area contributed by atoms with E-state index in [1.807, 2.05) is 23.9 Å². The molecule has 0 nitrogen and oxygen atoms in total. The van der Waals surface area contributed by atoms with Crippen molar-refractivity contribution in [3.05, 3.63) is 48.4 Å². The van der Waals surface area contributed by atoms with E-state index in [0.29, 0.717) is 0 Å². The molecule has 2 rings (SSSR count). The average Bonchev–Trinajstić information content (AvgIpc) is 2.38. The Morgan fingerprint density at radius 1 is 1.40 bits per heavy atom. The molecule has 0 saturated carbocycles. The van der Waals surface area contributed by atoms with Crippen LogP contribution in [0.3, 0.4) is 0 Å². The Labute approximate surface area is 108 Å². The Morgan fingerprint density at radius 2 is 2.13 bits per heavy atom. The van der Waals surface area contributed by atoms with E-state index in [9.17, 15) is 0 Å². The van der Waals surface area contributed by atoms with E-state index >= 15 is 0 Å². The quantitative estimate of drug-likeness (QED) is 0.306. The molecular weight excluding hydrogens is 289 g/mol. The Bertz CT molecular complexity index is 403. The number of thioether (sulfide) groups is 1. The summed E-state index contributed by atoms with van der Waals surface area (Å²) in [6.45, 7) is 4.01. The van der Waals surface area contributed by atoms with E-state index < -0.39 is 0 Å². The molecule has 1 aliphatic rings. The number of hydrogen-bond acceptors (Lipinski definition) is 1. The van der Waals surface area contributed by atoms with E-state index in [1.165, 1.54) is 16.0 Å². The van der Waals surface area contributed by atoms with Crippen molar-refractivity contribution >= 4 is 11.8 Å². The first kappa shape index (κ1) is 12.6. The monoisotopic (exact) mass is 301 g/mol. The zero-order valence-corrected chi connectivity index (χ0v) is 10.8. The van der Waals surface area contributed by atoms with Crippen molar-refractivity contribution in [3.63, 3.8) is 0 Å². The van der Waals surface area contributed by atoms with Crippen molar-refractivity contribution in [1.82, 2.24) is 0 Å². The Morgan fingerprint density at radius 3 is 2.87 bits per heavy atom. The summed E-state index contributed by atoms with van der Waals surface area (Å²) in [6.07, 6.45) is 8.18. The van der Waals surface area contributed by atoms with E-state index in [0.717, 1.165) is 12.2 Å². The van der Waals surface area contributed by atoms with Crippen molar-refractivity contribution in [2.45, 2.75) is 17.2 Å². The SMILES string of the molecule is [C-]#CC1CC(=C)CSc2ccccc21.[Ru+]. The third-order valence-electron chi connectivity index (χ3n) is 2.39. The van der Waals surface area contributed by atoms with Gasteiger partial charge in [0.2, 0.25) is 0 Å². The molecule has 1 unspecified atom stereocenters. The third-order valence-corrected chi connectivity index (χ3v) is 3.63. The van der Waals surface area contributed by atoms with Gasteiger partial charge in [-0.1, -0.05) is 30.4 Å². The molecule has 1 radical (unpaired) electrons. The first-order chi connectivity index (χ1) is 6.81. The maximum absolute atomic E-state index is 7.31. The summed E-state index contributed by atoms with van der Waals surface area (Å²) in [5, 5.41) is 0. The van der Waals surface area contributed by atoms with Crippen LogP contribution in [0.1, 0.15) is 17.9 Å². The van der Waals surface area contributed by atoms with Gasteiger partial charge in [-0.05, 0) is 18.1 Å². The van der Waals surface area contributed by atoms with E-state index in [2.05, 4.69) is 24.6 Å². The molecule has 2 heteroatoms. The molecule has 1 atom stereocenters. The van der Waals surface area contributed by atoms with Gasteiger partial charge in [-0.3, -0.25) is 0 Å². The molecule has 0 spiro atoms. The van der Waals surface area contributed by atoms with Crippen LogP contribution in [0, 0.1) is 12.3 Å². The number of rotatable bonds is 0. The molecule has 0 fully saturated rings. The normalized spacial score (nSPS) is 19.4. The van der Waals surface area contributed by atoms with E-state index in [-0.39, 0.29) is 25.4 Å². The maximum Gasteiger partial charge on any atom is 1.00 e. The predicted octanol–water partition coefficient (Wildman–Crippen LogP) is 3.41. The van der Waals surface area contributed by atoms with Gasteiger partial charge in [0.25, 0.3) is 0 Å². The fourth-order valence-corrected chi connectivity index (χ4v) is 2.70. The molecule has 0 N–H and O–H groups in total. The summed E-state index contributed by atoms with van der Waals surface area (Å²) in [7, 11) is 0. The molecule has 1 aromatic rings. The van der Waals surface area contributed by atoms with Crippen LogP contribution in [-0.4, -0.2) is 5.75 Å². The van der Waals surface area contributed by atoms with Crippen molar-refractivity contribution in [1.29, 1.82) is 0 Å². The van der Waals surface area contributed by atoms with Crippen LogP contribution in [0.15, 0.2) is 41.3 Å². The second kappa shape index (κ2) is 5.54. The van der Waals surface area contributed by atoms with Crippen molar-refractivity contribution in [2.75, 3.05) is 5.75 Å². The van der Waals surface area contributed by atoms with Crippen LogP contribution in [0.2, 0.25) is 0 Å². The average molecular weight is 300 g/mol. The van der Waals surface area contributed by atoms with Crippen LogP contribution in [0.4, 0.5) is 0 Å². The van der Waals surface area contributed by atoms with Gasteiger partial charge in [-0.15, -0.1) is 11.8 Å². The molecule has 1 aromatic carbocycles. The summed E-state index contributed by atoms with van der Waals surface area (Å²) < 4.78 is 0. The Hall–Kier alpha value is -0.507. The van der Waals surface area contributed by atoms with Crippen molar-refractivity contribution in [2.24, 2.45) is 0 Å².